The van der Waals surface area contributed by atoms with E-state index in [0.717, 1.165) is 5.76 Å². The van der Waals surface area contributed by atoms with Crippen molar-refractivity contribution >= 4 is 12.0 Å². The van der Waals surface area contributed by atoms with Crippen molar-refractivity contribution in [3.05, 3.63) is 29.7 Å². The molecule has 1 fully saturated rings. The van der Waals surface area contributed by atoms with Gasteiger partial charge in [0.05, 0.1) is 18.3 Å². The Bertz CT molecular complexity index is 504. The predicted molar refractivity (Wildman–Crippen MR) is 75.1 cm³/mol. The SMILES string of the molecule is Cc1ccc(/C=C/C(=O)N2CC(CO)OC(C)(C)C2)o1. The summed E-state index contributed by atoms with van der Waals surface area (Å²) in [4.78, 5) is 13.9. The molecule has 110 valence electrons. The normalized spacial score (nSPS) is 22.4. The van der Waals surface area contributed by atoms with Gasteiger partial charge in [0.25, 0.3) is 0 Å². The number of carbonyl (C=O) groups excluding carboxylic acids is 1. The lowest BCUT2D eigenvalue weighted by Gasteiger charge is -2.41. The Kier molecular flexibility index (Phi) is 4.30. The minimum Gasteiger partial charge on any atom is -0.462 e. The Labute approximate surface area is 118 Å². The minimum absolute atomic E-state index is 0.0890. The minimum atomic E-state index is -0.448. The third-order valence-corrected chi connectivity index (χ3v) is 3.15. The monoisotopic (exact) mass is 279 g/mol. The predicted octanol–water partition coefficient (Wildman–Crippen LogP) is 1.60. The fourth-order valence-corrected chi connectivity index (χ4v) is 2.36. The van der Waals surface area contributed by atoms with Crippen molar-refractivity contribution < 1.29 is 19.1 Å². The Balaban J connectivity index is 2.02. The molecule has 0 bridgehead atoms. The number of aliphatic hydroxyl groups excluding tert-OH is 1. The highest BCUT2D eigenvalue weighted by Gasteiger charge is 2.34. The number of aryl methyl sites for hydroxylation is 1. The quantitative estimate of drug-likeness (QED) is 0.854. The third kappa shape index (κ3) is 3.71. The average Bonchev–Trinajstić information content (AvgIpc) is 2.79. The second-order valence-corrected chi connectivity index (χ2v) is 5.68. The van der Waals surface area contributed by atoms with Crippen LogP contribution in [0.15, 0.2) is 22.6 Å². The Morgan fingerprint density at radius 3 is 2.90 bits per heavy atom. The van der Waals surface area contributed by atoms with E-state index in [1.807, 2.05) is 32.9 Å². The first-order valence-electron chi connectivity index (χ1n) is 6.72. The first-order valence-corrected chi connectivity index (χ1v) is 6.72. The van der Waals surface area contributed by atoms with Crippen LogP contribution >= 0.6 is 0 Å². The number of ether oxygens (including phenoxy) is 1. The van der Waals surface area contributed by atoms with Gasteiger partial charge in [-0.2, -0.15) is 0 Å². The van der Waals surface area contributed by atoms with Gasteiger partial charge < -0.3 is 19.2 Å². The highest BCUT2D eigenvalue weighted by molar-refractivity contribution is 5.91. The molecule has 0 radical (unpaired) electrons. The maximum Gasteiger partial charge on any atom is 0.246 e. The van der Waals surface area contributed by atoms with Gasteiger partial charge in [-0.25, -0.2) is 0 Å². The molecule has 1 unspecified atom stereocenters. The highest BCUT2D eigenvalue weighted by Crippen LogP contribution is 2.21. The molecule has 0 saturated carbocycles. The zero-order valence-electron chi connectivity index (χ0n) is 12.1. The molecule has 1 aliphatic heterocycles. The van der Waals surface area contributed by atoms with Crippen molar-refractivity contribution in [1.82, 2.24) is 4.90 Å². The van der Waals surface area contributed by atoms with E-state index in [1.165, 1.54) is 6.08 Å². The van der Waals surface area contributed by atoms with Crippen molar-refractivity contribution in [2.75, 3.05) is 19.7 Å². The van der Waals surface area contributed by atoms with Crippen LogP contribution in [0.4, 0.5) is 0 Å². The Hall–Kier alpha value is -1.59. The standard InChI is InChI=1S/C15H21NO4/c1-11-4-5-12(19-11)6-7-14(18)16-8-13(9-17)20-15(2,3)10-16/h4-7,13,17H,8-10H2,1-3H3/b7-6+. The summed E-state index contributed by atoms with van der Waals surface area (Å²) in [5, 5.41) is 9.24. The molecule has 5 nitrogen and oxygen atoms in total. The summed E-state index contributed by atoms with van der Waals surface area (Å²) in [6.07, 6.45) is 2.82. The molecular formula is C15H21NO4. The molecule has 1 aromatic rings. The molecule has 1 N–H and O–H groups in total. The van der Waals surface area contributed by atoms with Gasteiger partial charge in [0, 0.05) is 19.2 Å². The molecule has 0 aromatic carbocycles. The molecule has 1 amide bonds. The fraction of sp³-hybridized carbons (Fsp3) is 0.533. The van der Waals surface area contributed by atoms with Crippen LogP contribution in [0.5, 0.6) is 0 Å². The molecule has 2 heterocycles. The van der Waals surface area contributed by atoms with E-state index in [9.17, 15) is 9.90 Å². The molecule has 0 spiro atoms. The number of aliphatic hydroxyl groups is 1. The van der Waals surface area contributed by atoms with Gasteiger partial charge >= 0.3 is 0 Å². The lowest BCUT2D eigenvalue weighted by molar-refractivity contribution is -0.163. The van der Waals surface area contributed by atoms with E-state index >= 15 is 0 Å². The lowest BCUT2D eigenvalue weighted by Crippen LogP contribution is -2.55. The number of hydrogen-bond acceptors (Lipinski definition) is 4. The van der Waals surface area contributed by atoms with E-state index in [0.29, 0.717) is 18.8 Å². The number of rotatable bonds is 3. The highest BCUT2D eigenvalue weighted by atomic mass is 16.5. The number of amides is 1. The molecule has 2 rings (SSSR count). The summed E-state index contributed by atoms with van der Waals surface area (Å²) in [5.74, 6) is 1.36. The summed E-state index contributed by atoms with van der Waals surface area (Å²) in [6.45, 7) is 6.50. The van der Waals surface area contributed by atoms with Gasteiger partial charge in [0.15, 0.2) is 0 Å². The van der Waals surface area contributed by atoms with Gasteiger partial charge in [-0.1, -0.05) is 0 Å². The maximum absolute atomic E-state index is 12.2. The number of nitrogens with zero attached hydrogens (tertiary/aromatic N) is 1. The Morgan fingerprint density at radius 1 is 1.55 bits per heavy atom. The van der Waals surface area contributed by atoms with Crippen LogP contribution < -0.4 is 0 Å². The second-order valence-electron chi connectivity index (χ2n) is 5.68. The lowest BCUT2D eigenvalue weighted by atomic mass is 10.1. The zero-order chi connectivity index (χ0) is 14.8. The summed E-state index contributed by atoms with van der Waals surface area (Å²) < 4.78 is 11.1. The molecule has 1 saturated heterocycles. The van der Waals surface area contributed by atoms with Gasteiger partial charge in [-0.15, -0.1) is 0 Å². The van der Waals surface area contributed by atoms with Gasteiger partial charge in [-0.3, -0.25) is 4.79 Å². The smallest absolute Gasteiger partial charge is 0.246 e. The van der Waals surface area contributed by atoms with Crippen LogP contribution in [-0.2, 0) is 9.53 Å². The van der Waals surface area contributed by atoms with Crippen molar-refractivity contribution in [3.63, 3.8) is 0 Å². The molecule has 5 heteroatoms. The van der Waals surface area contributed by atoms with E-state index in [4.69, 9.17) is 9.15 Å². The van der Waals surface area contributed by atoms with Crippen molar-refractivity contribution in [3.8, 4) is 0 Å². The topological polar surface area (TPSA) is 62.9 Å². The van der Waals surface area contributed by atoms with Crippen LogP contribution in [0.3, 0.4) is 0 Å². The van der Waals surface area contributed by atoms with Crippen LogP contribution in [-0.4, -0.2) is 47.3 Å². The summed E-state index contributed by atoms with van der Waals surface area (Å²) in [5.41, 5.74) is -0.448. The number of morpholine rings is 1. The number of carbonyl (C=O) groups is 1. The fourth-order valence-electron chi connectivity index (χ4n) is 2.36. The largest absolute Gasteiger partial charge is 0.462 e. The van der Waals surface area contributed by atoms with Gasteiger partial charge in [0.1, 0.15) is 11.5 Å². The van der Waals surface area contributed by atoms with Gasteiger partial charge in [-0.05, 0) is 39.0 Å². The van der Waals surface area contributed by atoms with E-state index in [2.05, 4.69) is 0 Å². The van der Waals surface area contributed by atoms with Crippen LogP contribution in [0, 0.1) is 6.92 Å². The van der Waals surface area contributed by atoms with Crippen LogP contribution in [0.25, 0.3) is 6.08 Å². The van der Waals surface area contributed by atoms with E-state index < -0.39 is 5.60 Å². The van der Waals surface area contributed by atoms with E-state index in [-0.39, 0.29) is 18.6 Å². The number of hydrogen-bond donors (Lipinski definition) is 1. The molecule has 1 aromatic heterocycles. The van der Waals surface area contributed by atoms with Crippen molar-refractivity contribution in [2.24, 2.45) is 0 Å². The summed E-state index contributed by atoms with van der Waals surface area (Å²) in [6, 6.07) is 3.67. The molecule has 0 aliphatic carbocycles. The van der Waals surface area contributed by atoms with Crippen molar-refractivity contribution in [1.29, 1.82) is 0 Å². The third-order valence-electron chi connectivity index (χ3n) is 3.15. The molecular weight excluding hydrogens is 258 g/mol. The molecule has 1 atom stereocenters. The molecule has 1 aliphatic rings. The van der Waals surface area contributed by atoms with Gasteiger partial charge in [0.2, 0.25) is 5.91 Å². The van der Waals surface area contributed by atoms with Crippen molar-refractivity contribution in [2.45, 2.75) is 32.5 Å². The first-order chi connectivity index (χ1) is 9.39. The Morgan fingerprint density at radius 2 is 2.30 bits per heavy atom. The zero-order valence-corrected chi connectivity index (χ0v) is 12.1. The number of furan rings is 1. The first kappa shape index (κ1) is 14.8. The van der Waals surface area contributed by atoms with Crippen LogP contribution in [0.2, 0.25) is 0 Å². The summed E-state index contributed by atoms with van der Waals surface area (Å²) >= 11 is 0. The summed E-state index contributed by atoms with van der Waals surface area (Å²) in [7, 11) is 0. The maximum atomic E-state index is 12.2. The second kappa shape index (κ2) is 5.81. The average molecular weight is 279 g/mol. The van der Waals surface area contributed by atoms with E-state index in [1.54, 1.807) is 11.0 Å². The van der Waals surface area contributed by atoms with Crippen LogP contribution in [0.1, 0.15) is 25.4 Å². The molecule has 20 heavy (non-hydrogen) atoms.